The van der Waals surface area contributed by atoms with Crippen LogP contribution in [0.2, 0.25) is 0 Å². The predicted molar refractivity (Wildman–Crippen MR) is 80.3 cm³/mol. The largest absolute Gasteiger partial charge is 0.478 e. The van der Waals surface area contributed by atoms with Crippen LogP contribution in [0.5, 0.6) is 0 Å². The van der Waals surface area contributed by atoms with E-state index in [-0.39, 0.29) is 16.4 Å². The van der Waals surface area contributed by atoms with Crippen molar-refractivity contribution in [2.75, 3.05) is 6.54 Å². The molecule has 0 saturated heterocycles. The molecule has 1 unspecified atom stereocenters. The number of carboxylic acids is 1. The Morgan fingerprint density at radius 2 is 1.95 bits per heavy atom. The molecular formula is C13H18BrNO4S. The average Bonchev–Trinajstić information content (AvgIpc) is 2.35. The van der Waals surface area contributed by atoms with Crippen molar-refractivity contribution in [1.82, 2.24) is 4.72 Å². The van der Waals surface area contributed by atoms with E-state index < -0.39 is 16.0 Å². The van der Waals surface area contributed by atoms with Gasteiger partial charge in [-0.05, 0) is 46.0 Å². The summed E-state index contributed by atoms with van der Waals surface area (Å²) in [6, 6.07) is 3.94. The molecular weight excluding hydrogens is 346 g/mol. The van der Waals surface area contributed by atoms with Crippen LogP contribution in [-0.2, 0) is 10.0 Å². The summed E-state index contributed by atoms with van der Waals surface area (Å²) in [7, 11) is -3.70. The molecule has 7 heteroatoms. The van der Waals surface area contributed by atoms with E-state index in [1.165, 1.54) is 12.1 Å². The fourth-order valence-electron chi connectivity index (χ4n) is 1.40. The Labute approximate surface area is 127 Å². The molecule has 5 nitrogen and oxygen atoms in total. The molecule has 0 aliphatic carbocycles. The number of hydrogen-bond donors (Lipinski definition) is 2. The lowest BCUT2D eigenvalue weighted by Gasteiger charge is -2.16. The van der Waals surface area contributed by atoms with E-state index in [1.807, 2.05) is 20.8 Å². The number of halogens is 1. The highest BCUT2D eigenvalue weighted by Crippen LogP contribution is 2.21. The third-order valence-corrected chi connectivity index (χ3v) is 5.32. The Bertz CT molecular complexity index is 598. The first-order chi connectivity index (χ1) is 9.15. The molecule has 2 N–H and O–H groups in total. The number of sulfonamides is 1. The van der Waals surface area contributed by atoms with Gasteiger partial charge in [-0.25, -0.2) is 17.9 Å². The van der Waals surface area contributed by atoms with Crippen molar-refractivity contribution in [1.29, 1.82) is 0 Å². The normalized spacial score (nSPS) is 13.4. The van der Waals surface area contributed by atoms with Gasteiger partial charge < -0.3 is 5.11 Å². The zero-order valence-electron chi connectivity index (χ0n) is 11.6. The van der Waals surface area contributed by atoms with E-state index >= 15 is 0 Å². The van der Waals surface area contributed by atoms with Gasteiger partial charge in [0.05, 0.1) is 10.5 Å². The maximum absolute atomic E-state index is 12.1. The van der Waals surface area contributed by atoms with Gasteiger partial charge in [0.2, 0.25) is 10.0 Å². The lowest BCUT2D eigenvalue weighted by Crippen LogP contribution is -2.30. The summed E-state index contributed by atoms with van der Waals surface area (Å²) in [6.45, 7) is 6.30. The van der Waals surface area contributed by atoms with Crippen molar-refractivity contribution in [3.05, 3.63) is 28.2 Å². The molecule has 20 heavy (non-hydrogen) atoms. The lowest BCUT2D eigenvalue weighted by molar-refractivity contribution is 0.0695. The number of benzene rings is 1. The van der Waals surface area contributed by atoms with Crippen LogP contribution in [0.4, 0.5) is 0 Å². The van der Waals surface area contributed by atoms with Gasteiger partial charge in [-0.2, -0.15) is 0 Å². The van der Waals surface area contributed by atoms with Crippen LogP contribution in [0, 0.1) is 11.8 Å². The summed E-state index contributed by atoms with van der Waals surface area (Å²) in [6.07, 6.45) is 0. The van der Waals surface area contributed by atoms with E-state index in [2.05, 4.69) is 20.7 Å². The Hall–Kier alpha value is -0.920. The van der Waals surface area contributed by atoms with Crippen LogP contribution in [0.1, 0.15) is 31.1 Å². The quantitative estimate of drug-likeness (QED) is 0.813. The van der Waals surface area contributed by atoms with Gasteiger partial charge in [-0.1, -0.05) is 20.8 Å². The summed E-state index contributed by atoms with van der Waals surface area (Å²) < 4.78 is 27.1. The van der Waals surface area contributed by atoms with E-state index in [0.717, 1.165) is 6.07 Å². The first-order valence-corrected chi connectivity index (χ1v) is 8.45. The number of carboxylic acid groups (broad SMARTS) is 1. The van der Waals surface area contributed by atoms with Crippen LogP contribution in [0.25, 0.3) is 0 Å². The zero-order chi connectivity index (χ0) is 15.5. The van der Waals surface area contributed by atoms with Gasteiger partial charge in [-0.15, -0.1) is 0 Å². The molecule has 0 radical (unpaired) electrons. The van der Waals surface area contributed by atoms with Crippen molar-refractivity contribution in [2.45, 2.75) is 25.7 Å². The van der Waals surface area contributed by atoms with Gasteiger partial charge in [-0.3, -0.25) is 0 Å². The molecule has 0 fully saturated rings. The smallest absolute Gasteiger partial charge is 0.336 e. The van der Waals surface area contributed by atoms with Crippen LogP contribution in [0.15, 0.2) is 27.6 Å². The minimum atomic E-state index is -3.70. The van der Waals surface area contributed by atoms with Crippen molar-refractivity contribution >= 4 is 31.9 Å². The average molecular weight is 364 g/mol. The predicted octanol–water partition coefficient (Wildman–Crippen LogP) is 2.72. The number of hydrogen-bond acceptors (Lipinski definition) is 3. The number of carbonyl (C=O) groups is 1. The molecule has 1 aromatic rings. The second-order valence-electron chi connectivity index (χ2n) is 5.02. The zero-order valence-corrected chi connectivity index (χ0v) is 14.0. The van der Waals surface area contributed by atoms with Crippen LogP contribution in [-0.4, -0.2) is 26.0 Å². The molecule has 0 amide bonds. The highest BCUT2D eigenvalue weighted by atomic mass is 79.9. The monoisotopic (exact) mass is 363 g/mol. The minimum Gasteiger partial charge on any atom is -0.478 e. The van der Waals surface area contributed by atoms with E-state index in [9.17, 15) is 13.2 Å². The Kier molecular flexibility index (Phi) is 5.73. The van der Waals surface area contributed by atoms with Gasteiger partial charge in [0.25, 0.3) is 0 Å². The summed E-state index contributed by atoms with van der Waals surface area (Å²) in [4.78, 5) is 11.0. The molecule has 1 aromatic carbocycles. The molecule has 1 atom stereocenters. The molecule has 1 rings (SSSR count). The molecule has 0 saturated carbocycles. The number of nitrogens with one attached hydrogen (secondary N) is 1. The number of rotatable bonds is 6. The summed E-state index contributed by atoms with van der Waals surface area (Å²) in [5.74, 6) is -0.624. The van der Waals surface area contributed by atoms with Crippen molar-refractivity contribution < 1.29 is 18.3 Å². The van der Waals surface area contributed by atoms with Crippen LogP contribution in [0.3, 0.4) is 0 Å². The first-order valence-electron chi connectivity index (χ1n) is 6.17. The molecule has 0 bridgehead atoms. The second-order valence-corrected chi connectivity index (χ2v) is 7.64. The minimum absolute atomic E-state index is 0.0472. The standard InChI is InChI=1S/C13H18BrNO4S/c1-8(2)9(3)7-15-20(18,19)10-4-5-12(14)11(6-10)13(16)17/h4-6,8-9,15H,7H2,1-3H3,(H,16,17). The fraction of sp³-hybridized carbons (Fsp3) is 0.462. The topological polar surface area (TPSA) is 83.5 Å². The molecule has 0 spiro atoms. The Morgan fingerprint density at radius 1 is 1.35 bits per heavy atom. The van der Waals surface area contributed by atoms with E-state index in [4.69, 9.17) is 5.11 Å². The summed E-state index contributed by atoms with van der Waals surface area (Å²) in [5.41, 5.74) is -0.0789. The van der Waals surface area contributed by atoms with E-state index in [1.54, 1.807) is 0 Å². The maximum atomic E-state index is 12.1. The van der Waals surface area contributed by atoms with Gasteiger partial charge in [0.15, 0.2) is 0 Å². The third kappa shape index (κ3) is 4.29. The molecule has 112 valence electrons. The van der Waals surface area contributed by atoms with Crippen molar-refractivity contribution in [2.24, 2.45) is 11.8 Å². The molecule has 0 aliphatic heterocycles. The van der Waals surface area contributed by atoms with Gasteiger partial charge in [0.1, 0.15) is 0 Å². The Balaban J connectivity index is 2.99. The Morgan fingerprint density at radius 3 is 2.45 bits per heavy atom. The second kappa shape index (κ2) is 6.69. The highest BCUT2D eigenvalue weighted by Gasteiger charge is 2.19. The summed E-state index contributed by atoms with van der Waals surface area (Å²) in [5, 5.41) is 9.00. The van der Waals surface area contributed by atoms with Crippen molar-refractivity contribution in [3.8, 4) is 0 Å². The van der Waals surface area contributed by atoms with Gasteiger partial charge in [0, 0.05) is 11.0 Å². The number of aromatic carboxylic acids is 1. The van der Waals surface area contributed by atoms with Gasteiger partial charge >= 0.3 is 5.97 Å². The fourth-order valence-corrected chi connectivity index (χ4v) is 2.98. The SMILES string of the molecule is CC(C)C(C)CNS(=O)(=O)c1ccc(Br)c(C(=O)O)c1. The highest BCUT2D eigenvalue weighted by molar-refractivity contribution is 9.10. The lowest BCUT2D eigenvalue weighted by atomic mass is 9.99. The summed E-state index contributed by atoms with van der Waals surface area (Å²) >= 11 is 3.08. The maximum Gasteiger partial charge on any atom is 0.336 e. The van der Waals surface area contributed by atoms with Crippen molar-refractivity contribution in [3.63, 3.8) is 0 Å². The first kappa shape index (κ1) is 17.1. The van der Waals surface area contributed by atoms with E-state index in [0.29, 0.717) is 16.9 Å². The van der Waals surface area contributed by atoms with Crippen LogP contribution >= 0.6 is 15.9 Å². The molecule has 0 aromatic heterocycles. The molecule has 0 aliphatic rings. The molecule has 0 heterocycles. The third-order valence-electron chi connectivity index (χ3n) is 3.21. The van der Waals surface area contributed by atoms with Crippen LogP contribution < -0.4 is 4.72 Å².